The number of piperidine rings is 1. The van der Waals surface area contributed by atoms with E-state index in [0.717, 1.165) is 36.3 Å². The van der Waals surface area contributed by atoms with E-state index in [-0.39, 0.29) is 17.7 Å². The van der Waals surface area contributed by atoms with Gasteiger partial charge in [-0.1, -0.05) is 13.0 Å². The van der Waals surface area contributed by atoms with E-state index in [9.17, 15) is 9.59 Å². The summed E-state index contributed by atoms with van der Waals surface area (Å²) in [6.45, 7) is 8.47. The van der Waals surface area contributed by atoms with Crippen LogP contribution in [0.25, 0.3) is 0 Å². The second kappa shape index (κ2) is 6.34. The number of anilines is 1. The normalized spacial score (nSPS) is 25.1. The zero-order valence-electron chi connectivity index (χ0n) is 14.3. The molecule has 0 spiro atoms. The minimum atomic E-state index is -0.186. The van der Waals surface area contributed by atoms with E-state index in [1.165, 1.54) is 6.42 Å². The number of nitrogens with zero attached hydrogens (tertiary/aromatic N) is 2. The fourth-order valence-electron chi connectivity index (χ4n) is 3.88. The van der Waals surface area contributed by atoms with Gasteiger partial charge >= 0.3 is 0 Å². The Hall–Kier alpha value is -1.84. The Kier molecular flexibility index (Phi) is 4.42. The van der Waals surface area contributed by atoms with Crippen molar-refractivity contribution < 1.29 is 9.59 Å². The van der Waals surface area contributed by atoms with Crippen molar-refractivity contribution in [2.45, 2.75) is 40.0 Å². The van der Waals surface area contributed by atoms with E-state index >= 15 is 0 Å². The van der Waals surface area contributed by atoms with Gasteiger partial charge in [0.2, 0.25) is 11.8 Å². The number of likely N-dealkylation sites (tertiary alicyclic amines) is 1. The lowest BCUT2D eigenvalue weighted by molar-refractivity contribution is -0.137. The van der Waals surface area contributed by atoms with Crippen LogP contribution in [-0.4, -0.2) is 36.3 Å². The van der Waals surface area contributed by atoms with Crippen molar-refractivity contribution in [2.24, 2.45) is 11.8 Å². The highest BCUT2D eigenvalue weighted by atomic mass is 16.2. The molecule has 124 valence electrons. The summed E-state index contributed by atoms with van der Waals surface area (Å²) in [5.74, 6) is 0.615. The number of carbonyl (C=O) groups excluding carboxylic acids is 2. The maximum atomic E-state index is 12.7. The van der Waals surface area contributed by atoms with Crippen LogP contribution in [0, 0.1) is 25.7 Å². The maximum Gasteiger partial charge on any atom is 0.228 e. The molecule has 0 bridgehead atoms. The topological polar surface area (TPSA) is 40.6 Å². The smallest absolute Gasteiger partial charge is 0.228 e. The number of aryl methyl sites for hydroxylation is 2. The summed E-state index contributed by atoms with van der Waals surface area (Å²) in [6, 6.07) is 6.16. The molecule has 4 heteroatoms. The minimum Gasteiger partial charge on any atom is -0.342 e. The Morgan fingerprint density at radius 2 is 1.83 bits per heavy atom. The molecular weight excluding hydrogens is 288 g/mol. The molecular formula is C19H26N2O2. The molecule has 2 saturated heterocycles. The summed E-state index contributed by atoms with van der Waals surface area (Å²) in [6.07, 6.45) is 2.62. The van der Waals surface area contributed by atoms with E-state index in [1.807, 2.05) is 30.9 Å². The fraction of sp³-hybridized carbons (Fsp3) is 0.579. The highest BCUT2D eigenvalue weighted by Gasteiger charge is 2.38. The van der Waals surface area contributed by atoms with Crippen LogP contribution < -0.4 is 4.90 Å². The van der Waals surface area contributed by atoms with Crippen LogP contribution in [0.2, 0.25) is 0 Å². The molecule has 2 heterocycles. The van der Waals surface area contributed by atoms with Gasteiger partial charge in [-0.3, -0.25) is 9.59 Å². The zero-order chi connectivity index (χ0) is 16.6. The Morgan fingerprint density at radius 3 is 2.48 bits per heavy atom. The summed E-state index contributed by atoms with van der Waals surface area (Å²) >= 11 is 0. The largest absolute Gasteiger partial charge is 0.342 e. The highest BCUT2D eigenvalue weighted by molar-refractivity contribution is 6.00. The van der Waals surface area contributed by atoms with Crippen LogP contribution in [0.5, 0.6) is 0 Å². The number of carbonyl (C=O) groups is 2. The lowest BCUT2D eigenvalue weighted by Gasteiger charge is -2.32. The van der Waals surface area contributed by atoms with Crippen LogP contribution in [-0.2, 0) is 9.59 Å². The lowest BCUT2D eigenvalue weighted by Crippen LogP contribution is -2.43. The monoisotopic (exact) mass is 314 g/mol. The molecule has 3 rings (SSSR count). The van der Waals surface area contributed by atoms with Crippen molar-refractivity contribution in [1.29, 1.82) is 0 Å². The van der Waals surface area contributed by atoms with Crippen LogP contribution in [0.15, 0.2) is 18.2 Å². The molecule has 0 saturated carbocycles. The van der Waals surface area contributed by atoms with E-state index < -0.39 is 0 Å². The number of hydrogen-bond donors (Lipinski definition) is 0. The third-order valence-corrected chi connectivity index (χ3v) is 4.96. The van der Waals surface area contributed by atoms with Gasteiger partial charge in [0.05, 0.1) is 5.92 Å². The van der Waals surface area contributed by atoms with Crippen LogP contribution in [0.4, 0.5) is 5.69 Å². The average Bonchev–Trinajstić information content (AvgIpc) is 2.87. The van der Waals surface area contributed by atoms with Crippen molar-refractivity contribution >= 4 is 17.5 Å². The predicted molar refractivity (Wildman–Crippen MR) is 91.4 cm³/mol. The predicted octanol–water partition coefficient (Wildman–Crippen LogP) is 2.91. The van der Waals surface area contributed by atoms with Gasteiger partial charge in [-0.05, 0) is 55.9 Å². The van der Waals surface area contributed by atoms with Gasteiger partial charge in [0.15, 0.2) is 0 Å². The van der Waals surface area contributed by atoms with Crippen LogP contribution >= 0.6 is 0 Å². The molecule has 2 amide bonds. The molecule has 23 heavy (non-hydrogen) atoms. The Labute approximate surface area is 138 Å². The maximum absolute atomic E-state index is 12.7. The molecule has 2 aliphatic heterocycles. The van der Waals surface area contributed by atoms with Crippen LogP contribution in [0.3, 0.4) is 0 Å². The standard InChI is InChI=1S/C19H26N2O2/c1-13-5-4-6-20(11-13)19(23)16-10-18(22)21(12-16)17-8-14(2)7-15(3)9-17/h7-9,13,16H,4-6,10-12H2,1-3H3/t13-,16+/m1/s1. The van der Waals surface area contributed by atoms with Gasteiger partial charge in [0.1, 0.15) is 0 Å². The van der Waals surface area contributed by atoms with Crippen molar-refractivity contribution in [2.75, 3.05) is 24.5 Å². The fourth-order valence-corrected chi connectivity index (χ4v) is 3.88. The van der Waals surface area contributed by atoms with Crippen molar-refractivity contribution in [1.82, 2.24) is 4.90 Å². The zero-order valence-corrected chi connectivity index (χ0v) is 14.3. The lowest BCUT2D eigenvalue weighted by atomic mass is 9.98. The number of rotatable bonds is 2. The molecule has 0 aromatic heterocycles. The number of benzene rings is 1. The molecule has 4 nitrogen and oxygen atoms in total. The highest BCUT2D eigenvalue weighted by Crippen LogP contribution is 2.29. The second-order valence-electron chi connectivity index (χ2n) is 7.28. The minimum absolute atomic E-state index is 0.0680. The molecule has 0 N–H and O–H groups in total. The van der Waals surface area contributed by atoms with Gasteiger partial charge < -0.3 is 9.80 Å². The third kappa shape index (κ3) is 3.41. The van der Waals surface area contributed by atoms with Crippen molar-refractivity contribution in [3.05, 3.63) is 29.3 Å². The van der Waals surface area contributed by atoms with Crippen molar-refractivity contribution in [3.63, 3.8) is 0 Å². The average molecular weight is 314 g/mol. The second-order valence-corrected chi connectivity index (χ2v) is 7.28. The van der Waals surface area contributed by atoms with E-state index in [4.69, 9.17) is 0 Å². The quantitative estimate of drug-likeness (QED) is 0.842. The molecule has 1 aromatic rings. The van der Waals surface area contributed by atoms with E-state index in [0.29, 0.717) is 18.9 Å². The summed E-state index contributed by atoms with van der Waals surface area (Å²) < 4.78 is 0. The molecule has 1 aromatic carbocycles. The van der Waals surface area contributed by atoms with Crippen LogP contribution in [0.1, 0.15) is 37.3 Å². The van der Waals surface area contributed by atoms with Gasteiger partial charge in [-0.2, -0.15) is 0 Å². The summed E-state index contributed by atoms with van der Waals surface area (Å²) in [5.41, 5.74) is 3.22. The first-order chi connectivity index (χ1) is 10.9. The van der Waals surface area contributed by atoms with Crippen molar-refractivity contribution in [3.8, 4) is 0 Å². The summed E-state index contributed by atoms with van der Waals surface area (Å²) in [4.78, 5) is 28.9. The van der Waals surface area contributed by atoms with Gasteiger partial charge in [0.25, 0.3) is 0 Å². The first-order valence-corrected chi connectivity index (χ1v) is 8.61. The Bertz CT molecular complexity index is 606. The Morgan fingerprint density at radius 1 is 1.13 bits per heavy atom. The Balaban J connectivity index is 1.73. The molecule has 2 aliphatic rings. The molecule has 0 radical (unpaired) electrons. The van der Waals surface area contributed by atoms with E-state index in [2.05, 4.69) is 13.0 Å². The van der Waals surface area contributed by atoms with Gasteiger partial charge in [-0.15, -0.1) is 0 Å². The first kappa shape index (κ1) is 16.0. The first-order valence-electron chi connectivity index (χ1n) is 8.61. The molecule has 2 atom stereocenters. The summed E-state index contributed by atoms with van der Waals surface area (Å²) in [5, 5.41) is 0. The van der Waals surface area contributed by atoms with E-state index in [1.54, 1.807) is 4.90 Å². The van der Waals surface area contributed by atoms with Gasteiger partial charge in [0, 0.05) is 31.7 Å². The number of hydrogen-bond acceptors (Lipinski definition) is 2. The SMILES string of the molecule is Cc1cc(C)cc(N2C[C@@H](C(=O)N3CCC[C@@H](C)C3)CC2=O)c1. The molecule has 2 fully saturated rings. The third-order valence-electron chi connectivity index (χ3n) is 4.96. The summed E-state index contributed by atoms with van der Waals surface area (Å²) in [7, 11) is 0. The van der Waals surface area contributed by atoms with Gasteiger partial charge in [-0.25, -0.2) is 0 Å². The molecule has 0 unspecified atom stereocenters. The molecule has 0 aliphatic carbocycles. The number of amides is 2.